The van der Waals surface area contributed by atoms with Crippen molar-refractivity contribution in [3.8, 4) is 0 Å². The maximum atomic E-state index is 13.3. The van der Waals surface area contributed by atoms with Gasteiger partial charge in [0.25, 0.3) is 5.91 Å². The maximum Gasteiger partial charge on any atom is 0.254 e. The van der Waals surface area contributed by atoms with Gasteiger partial charge in [0.2, 0.25) is 0 Å². The van der Waals surface area contributed by atoms with Gasteiger partial charge in [-0.25, -0.2) is 4.98 Å². The summed E-state index contributed by atoms with van der Waals surface area (Å²) in [6.45, 7) is 1.38. The van der Waals surface area contributed by atoms with Gasteiger partial charge in [0.15, 0.2) is 0 Å². The van der Waals surface area contributed by atoms with E-state index in [0.29, 0.717) is 12.5 Å². The lowest BCUT2D eigenvalue weighted by Gasteiger charge is -2.30. The number of carbonyl (C=O) groups excluding carboxylic acids is 1. The molecule has 0 bridgehead atoms. The predicted molar refractivity (Wildman–Crippen MR) is 105 cm³/mol. The van der Waals surface area contributed by atoms with Crippen LogP contribution in [-0.2, 0) is 6.54 Å². The number of thiazole rings is 1. The number of hydrogen-bond acceptors (Lipinski definition) is 4. The van der Waals surface area contributed by atoms with Gasteiger partial charge >= 0.3 is 0 Å². The van der Waals surface area contributed by atoms with E-state index in [1.165, 1.54) is 32.1 Å². The summed E-state index contributed by atoms with van der Waals surface area (Å²) in [7, 11) is 0. The number of carbonyl (C=O) groups is 1. The molecule has 1 fully saturated rings. The van der Waals surface area contributed by atoms with Crippen molar-refractivity contribution >= 4 is 27.5 Å². The summed E-state index contributed by atoms with van der Waals surface area (Å²) in [6.07, 6.45) is 8.13. The Kier molecular flexibility index (Phi) is 5.25. The standard InChI is InChI=1S/C21H23N3OS/c25-21(17-9-10-19-20(12-17)26-15-23-19)24(13-16-6-2-1-3-7-16)14-18-8-4-5-11-22-18/h4-5,8-12,15-16H,1-3,6-7,13-14H2. The van der Waals surface area contributed by atoms with E-state index in [9.17, 15) is 4.79 Å². The minimum Gasteiger partial charge on any atom is -0.332 e. The van der Waals surface area contributed by atoms with Crippen LogP contribution in [0.4, 0.5) is 0 Å². The molecule has 5 heteroatoms. The average Bonchev–Trinajstić information content (AvgIpc) is 3.16. The molecule has 3 aromatic rings. The molecule has 1 saturated carbocycles. The Labute approximate surface area is 157 Å². The highest BCUT2D eigenvalue weighted by atomic mass is 32.1. The number of benzene rings is 1. The quantitative estimate of drug-likeness (QED) is 0.645. The van der Waals surface area contributed by atoms with E-state index in [1.807, 2.05) is 46.8 Å². The van der Waals surface area contributed by atoms with Crippen LogP contribution in [0.5, 0.6) is 0 Å². The number of fused-ring (bicyclic) bond motifs is 1. The lowest BCUT2D eigenvalue weighted by atomic mass is 9.89. The van der Waals surface area contributed by atoms with E-state index < -0.39 is 0 Å². The molecule has 1 amide bonds. The summed E-state index contributed by atoms with van der Waals surface area (Å²) in [6, 6.07) is 11.7. The minimum absolute atomic E-state index is 0.0940. The van der Waals surface area contributed by atoms with Gasteiger partial charge in [-0.1, -0.05) is 25.3 Å². The third kappa shape index (κ3) is 3.93. The molecule has 1 aliphatic rings. The predicted octanol–water partition coefficient (Wildman–Crippen LogP) is 4.91. The molecular weight excluding hydrogens is 342 g/mol. The molecule has 4 rings (SSSR count). The fraction of sp³-hybridized carbons (Fsp3) is 0.381. The zero-order chi connectivity index (χ0) is 17.8. The first-order chi connectivity index (χ1) is 12.8. The monoisotopic (exact) mass is 365 g/mol. The van der Waals surface area contributed by atoms with Crippen molar-refractivity contribution in [2.75, 3.05) is 6.54 Å². The van der Waals surface area contributed by atoms with Crippen LogP contribution in [0.25, 0.3) is 10.2 Å². The number of pyridine rings is 1. The Morgan fingerprint density at radius 3 is 2.81 bits per heavy atom. The number of hydrogen-bond donors (Lipinski definition) is 0. The third-order valence-corrected chi connectivity index (χ3v) is 5.94. The Hall–Kier alpha value is -2.27. The molecular formula is C21H23N3OS. The highest BCUT2D eigenvalue weighted by Gasteiger charge is 2.23. The molecule has 0 N–H and O–H groups in total. The van der Waals surface area contributed by atoms with E-state index >= 15 is 0 Å². The fourth-order valence-corrected chi connectivity index (χ4v) is 4.47. The Bertz CT molecular complexity index is 871. The zero-order valence-corrected chi connectivity index (χ0v) is 15.6. The zero-order valence-electron chi connectivity index (χ0n) is 14.8. The van der Waals surface area contributed by atoms with Gasteiger partial charge in [0.1, 0.15) is 0 Å². The first-order valence-corrected chi connectivity index (χ1v) is 10.2. The average molecular weight is 366 g/mol. The highest BCUT2D eigenvalue weighted by Crippen LogP contribution is 2.26. The van der Waals surface area contributed by atoms with E-state index in [0.717, 1.165) is 28.0 Å². The summed E-state index contributed by atoms with van der Waals surface area (Å²) in [5.74, 6) is 0.695. The number of nitrogens with zero attached hydrogens (tertiary/aromatic N) is 3. The molecule has 2 aromatic heterocycles. The molecule has 0 atom stereocenters. The minimum atomic E-state index is 0.0940. The lowest BCUT2D eigenvalue weighted by molar-refractivity contribution is 0.0697. The molecule has 134 valence electrons. The molecule has 26 heavy (non-hydrogen) atoms. The lowest BCUT2D eigenvalue weighted by Crippen LogP contribution is -2.35. The van der Waals surface area contributed by atoms with Crippen molar-refractivity contribution in [1.82, 2.24) is 14.9 Å². The van der Waals surface area contributed by atoms with E-state index in [-0.39, 0.29) is 5.91 Å². The molecule has 0 saturated heterocycles. The second-order valence-electron chi connectivity index (χ2n) is 7.05. The topological polar surface area (TPSA) is 46.1 Å². The van der Waals surface area contributed by atoms with Gasteiger partial charge in [0, 0.05) is 18.3 Å². The largest absolute Gasteiger partial charge is 0.332 e. The van der Waals surface area contributed by atoms with Gasteiger partial charge in [-0.3, -0.25) is 9.78 Å². The van der Waals surface area contributed by atoms with Crippen LogP contribution in [-0.4, -0.2) is 27.3 Å². The third-order valence-electron chi connectivity index (χ3n) is 5.15. The van der Waals surface area contributed by atoms with Crippen LogP contribution in [0.3, 0.4) is 0 Å². The first-order valence-electron chi connectivity index (χ1n) is 9.32. The molecule has 2 heterocycles. The maximum absolute atomic E-state index is 13.3. The van der Waals surface area contributed by atoms with Crippen molar-refractivity contribution in [1.29, 1.82) is 0 Å². The molecule has 4 nitrogen and oxygen atoms in total. The second-order valence-corrected chi connectivity index (χ2v) is 7.93. The molecule has 1 aliphatic carbocycles. The first kappa shape index (κ1) is 17.2. The van der Waals surface area contributed by atoms with E-state index in [4.69, 9.17) is 0 Å². The van der Waals surface area contributed by atoms with Crippen LogP contribution < -0.4 is 0 Å². The van der Waals surface area contributed by atoms with Crippen molar-refractivity contribution in [3.05, 3.63) is 59.4 Å². The smallest absolute Gasteiger partial charge is 0.254 e. The van der Waals surface area contributed by atoms with Crippen molar-refractivity contribution in [2.45, 2.75) is 38.6 Å². The van der Waals surface area contributed by atoms with E-state index in [2.05, 4.69) is 9.97 Å². The van der Waals surface area contributed by atoms with Crippen LogP contribution in [0.2, 0.25) is 0 Å². The number of amides is 1. The normalized spacial score (nSPS) is 15.2. The van der Waals surface area contributed by atoms with Crippen LogP contribution in [0.1, 0.15) is 48.2 Å². The second kappa shape index (κ2) is 7.96. The van der Waals surface area contributed by atoms with Crippen LogP contribution >= 0.6 is 11.3 Å². The van der Waals surface area contributed by atoms with Gasteiger partial charge < -0.3 is 4.90 Å². The fourth-order valence-electron chi connectivity index (χ4n) is 3.76. The Balaban J connectivity index is 1.58. The molecule has 1 aromatic carbocycles. The summed E-state index contributed by atoms with van der Waals surface area (Å²) < 4.78 is 1.06. The highest BCUT2D eigenvalue weighted by molar-refractivity contribution is 7.16. The summed E-state index contributed by atoms with van der Waals surface area (Å²) in [5, 5.41) is 0. The molecule has 0 radical (unpaired) electrons. The summed E-state index contributed by atoms with van der Waals surface area (Å²) in [4.78, 5) is 24.0. The van der Waals surface area contributed by atoms with Gasteiger partial charge in [-0.15, -0.1) is 11.3 Å². The van der Waals surface area contributed by atoms with Crippen LogP contribution in [0, 0.1) is 5.92 Å². The van der Waals surface area contributed by atoms with Crippen molar-refractivity contribution in [3.63, 3.8) is 0 Å². The number of aromatic nitrogens is 2. The SMILES string of the molecule is O=C(c1ccc2ncsc2c1)N(Cc1ccccn1)CC1CCCCC1. The van der Waals surface area contributed by atoms with E-state index in [1.54, 1.807) is 17.5 Å². The molecule has 0 spiro atoms. The van der Waals surface area contributed by atoms with Gasteiger partial charge in [-0.05, 0) is 49.1 Å². The van der Waals surface area contributed by atoms with Crippen molar-refractivity contribution in [2.24, 2.45) is 5.92 Å². The number of rotatable bonds is 5. The van der Waals surface area contributed by atoms with Gasteiger partial charge in [0.05, 0.1) is 28.0 Å². The van der Waals surface area contributed by atoms with Crippen LogP contribution in [0.15, 0.2) is 48.1 Å². The Morgan fingerprint density at radius 1 is 1.12 bits per heavy atom. The van der Waals surface area contributed by atoms with Gasteiger partial charge in [-0.2, -0.15) is 0 Å². The summed E-state index contributed by atoms with van der Waals surface area (Å²) >= 11 is 1.58. The molecule has 0 aliphatic heterocycles. The summed E-state index contributed by atoms with van der Waals surface area (Å²) in [5.41, 5.74) is 4.46. The molecule has 0 unspecified atom stereocenters. The van der Waals surface area contributed by atoms with Crippen molar-refractivity contribution < 1.29 is 4.79 Å². The Morgan fingerprint density at radius 2 is 2.00 bits per heavy atom.